The summed E-state index contributed by atoms with van der Waals surface area (Å²) < 4.78 is 0. The van der Waals surface area contributed by atoms with Crippen molar-refractivity contribution in [2.24, 2.45) is 0 Å². The number of carboxylic acid groups (broad SMARTS) is 1. The summed E-state index contributed by atoms with van der Waals surface area (Å²) in [6, 6.07) is -0.528. The fourth-order valence-corrected chi connectivity index (χ4v) is 2.09. The lowest BCUT2D eigenvalue weighted by Gasteiger charge is -2.27. The molecule has 1 aliphatic heterocycles. The summed E-state index contributed by atoms with van der Waals surface area (Å²) in [6.45, 7) is 4.66. The summed E-state index contributed by atoms with van der Waals surface area (Å²) in [5, 5.41) is 16.9. The van der Waals surface area contributed by atoms with Crippen LogP contribution in [0.5, 0.6) is 0 Å². The lowest BCUT2D eigenvalue weighted by atomic mass is 10.1. The molecule has 0 spiro atoms. The van der Waals surface area contributed by atoms with Gasteiger partial charge in [0.05, 0.1) is 6.54 Å². The van der Waals surface area contributed by atoms with E-state index in [0.717, 1.165) is 13.1 Å². The van der Waals surface area contributed by atoms with Crippen molar-refractivity contribution in [1.29, 1.82) is 0 Å². The molecular formula is C13H24N4O4. The van der Waals surface area contributed by atoms with Gasteiger partial charge in [-0.05, 0) is 19.8 Å². The molecule has 21 heavy (non-hydrogen) atoms. The van der Waals surface area contributed by atoms with Gasteiger partial charge in [0.15, 0.2) is 0 Å². The largest absolute Gasteiger partial charge is 0.481 e. The molecule has 0 aliphatic carbocycles. The summed E-state index contributed by atoms with van der Waals surface area (Å²) in [7, 11) is 0. The first kappa shape index (κ1) is 17.2. The zero-order valence-electron chi connectivity index (χ0n) is 12.4. The highest BCUT2D eigenvalue weighted by atomic mass is 16.4. The number of rotatable bonds is 7. The second-order valence-corrected chi connectivity index (χ2v) is 5.14. The van der Waals surface area contributed by atoms with E-state index in [0.29, 0.717) is 25.9 Å². The molecule has 1 rings (SSSR count). The van der Waals surface area contributed by atoms with Gasteiger partial charge in [-0.25, -0.2) is 4.79 Å². The van der Waals surface area contributed by atoms with Gasteiger partial charge in [-0.2, -0.15) is 0 Å². The van der Waals surface area contributed by atoms with Crippen LogP contribution in [0.4, 0.5) is 4.79 Å². The van der Waals surface area contributed by atoms with Gasteiger partial charge < -0.3 is 26.0 Å². The first-order chi connectivity index (χ1) is 9.99. The normalized spacial score (nSPS) is 16.1. The number of carbonyl (C=O) groups excluding carboxylic acids is 2. The van der Waals surface area contributed by atoms with Crippen LogP contribution < -0.4 is 16.0 Å². The van der Waals surface area contributed by atoms with Crippen LogP contribution in [0.1, 0.15) is 26.2 Å². The quantitative estimate of drug-likeness (QED) is 0.500. The number of carbonyl (C=O) groups is 3. The van der Waals surface area contributed by atoms with Crippen LogP contribution in [0.25, 0.3) is 0 Å². The van der Waals surface area contributed by atoms with Gasteiger partial charge in [-0.15, -0.1) is 0 Å². The van der Waals surface area contributed by atoms with Crippen molar-refractivity contribution in [3.8, 4) is 0 Å². The molecule has 4 N–H and O–H groups in total. The summed E-state index contributed by atoms with van der Waals surface area (Å²) in [6.07, 6.45) is 1.19. The van der Waals surface area contributed by atoms with Crippen molar-refractivity contribution >= 4 is 17.9 Å². The molecule has 0 radical (unpaired) electrons. The Morgan fingerprint density at radius 2 is 1.95 bits per heavy atom. The number of urea groups is 1. The minimum atomic E-state index is -0.840. The Balaban J connectivity index is 2.14. The second-order valence-electron chi connectivity index (χ2n) is 5.14. The standard InChI is InChI=1S/C13H24N4O4/c1-10(3-2-4-12(19)20)16-13(21)15-9-11(18)17-7-5-14-6-8-17/h10,14H,2-9H2,1H3,(H,19,20)(H2,15,16,21). The van der Waals surface area contributed by atoms with Crippen molar-refractivity contribution in [1.82, 2.24) is 20.9 Å². The predicted molar refractivity (Wildman–Crippen MR) is 76.9 cm³/mol. The second kappa shape index (κ2) is 9.17. The van der Waals surface area contributed by atoms with Crippen molar-refractivity contribution in [2.45, 2.75) is 32.2 Å². The SMILES string of the molecule is CC(CCCC(=O)O)NC(=O)NCC(=O)N1CCNCC1. The zero-order chi connectivity index (χ0) is 15.7. The summed E-state index contributed by atoms with van der Waals surface area (Å²) in [4.78, 5) is 35.5. The van der Waals surface area contributed by atoms with E-state index in [1.54, 1.807) is 11.8 Å². The van der Waals surface area contributed by atoms with Gasteiger partial charge in [0.25, 0.3) is 0 Å². The van der Waals surface area contributed by atoms with Crippen LogP contribution >= 0.6 is 0 Å². The fraction of sp³-hybridized carbons (Fsp3) is 0.769. The molecule has 1 fully saturated rings. The molecule has 8 nitrogen and oxygen atoms in total. The minimum Gasteiger partial charge on any atom is -0.481 e. The molecule has 0 aromatic heterocycles. The maximum atomic E-state index is 11.8. The number of amides is 3. The van der Waals surface area contributed by atoms with Gasteiger partial charge in [0.2, 0.25) is 5.91 Å². The van der Waals surface area contributed by atoms with Gasteiger partial charge >= 0.3 is 12.0 Å². The summed E-state index contributed by atoms with van der Waals surface area (Å²) in [5.74, 6) is -0.932. The van der Waals surface area contributed by atoms with E-state index >= 15 is 0 Å². The molecular weight excluding hydrogens is 276 g/mol. The molecule has 1 heterocycles. The molecule has 0 saturated carbocycles. The molecule has 0 bridgehead atoms. The van der Waals surface area contributed by atoms with Crippen LogP contribution in [0.2, 0.25) is 0 Å². The maximum absolute atomic E-state index is 11.8. The third kappa shape index (κ3) is 7.50. The molecule has 0 aromatic rings. The van der Waals surface area contributed by atoms with E-state index in [1.807, 2.05) is 0 Å². The number of carboxylic acids is 1. The Hall–Kier alpha value is -1.83. The first-order valence-corrected chi connectivity index (χ1v) is 7.23. The van der Waals surface area contributed by atoms with Crippen LogP contribution in [0.15, 0.2) is 0 Å². The lowest BCUT2D eigenvalue weighted by Crippen LogP contribution is -2.51. The van der Waals surface area contributed by atoms with Crippen LogP contribution in [0.3, 0.4) is 0 Å². The van der Waals surface area contributed by atoms with Crippen molar-refractivity contribution in [2.75, 3.05) is 32.7 Å². The highest BCUT2D eigenvalue weighted by Gasteiger charge is 2.16. The first-order valence-electron chi connectivity index (χ1n) is 7.23. The van der Waals surface area contributed by atoms with Gasteiger partial charge in [-0.3, -0.25) is 9.59 Å². The maximum Gasteiger partial charge on any atom is 0.315 e. The predicted octanol–water partition coefficient (Wildman–Crippen LogP) is -0.639. The summed E-state index contributed by atoms with van der Waals surface area (Å²) >= 11 is 0. The molecule has 1 atom stereocenters. The van der Waals surface area contributed by atoms with E-state index < -0.39 is 12.0 Å². The van der Waals surface area contributed by atoms with Crippen molar-refractivity contribution in [3.63, 3.8) is 0 Å². The summed E-state index contributed by atoms with van der Waals surface area (Å²) in [5.41, 5.74) is 0. The molecule has 1 saturated heterocycles. The third-order valence-electron chi connectivity index (χ3n) is 3.28. The number of nitrogens with zero attached hydrogens (tertiary/aromatic N) is 1. The average molecular weight is 300 g/mol. The van der Waals surface area contributed by atoms with Crippen LogP contribution in [-0.2, 0) is 9.59 Å². The number of hydrogen-bond donors (Lipinski definition) is 4. The topological polar surface area (TPSA) is 111 Å². The van der Waals surface area contributed by atoms with E-state index in [2.05, 4.69) is 16.0 Å². The average Bonchev–Trinajstić information content (AvgIpc) is 2.45. The van der Waals surface area contributed by atoms with Crippen LogP contribution in [0, 0.1) is 0 Å². The van der Waals surface area contributed by atoms with Gasteiger partial charge in [0, 0.05) is 38.6 Å². The highest BCUT2D eigenvalue weighted by molar-refractivity contribution is 5.84. The van der Waals surface area contributed by atoms with E-state index in [9.17, 15) is 14.4 Å². The van der Waals surface area contributed by atoms with E-state index in [4.69, 9.17) is 5.11 Å². The van der Waals surface area contributed by atoms with Crippen LogP contribution in [-0.4, -0.2) is 66.7 Å². The van der Waals surface area contributed by atoms with E-state index in [1.165, 1.54) is 0 Å². The highest BCUT2D eigenvalue weighted by Crippen LogP contribution is 2.00. The van der Waals surface area contributed by atoms with Gasteiger partial charge in [-0.1, -0.05) is 0 Å². The monoisotopic (exact) mass is 300 g/mol. The molecule has 1 aliphatic rings. The van der Waals surface area contributed by atoms with Crippen molar-refractivity contribution < 1.29 is 19.5 Å². The Kier molecular flexibility index (Phi) is 7.52. The lowest BCUT2D eigenvalue weighted by molar-refractivity contribution is -0.137. The molecule has 120 valence electrons. The van der Waals surface area contributed by atoms with E-state index in [-0.39, 0.29) is 24.9 Å². The van der Waals surface area contributed by atoms with Gasteiger partial charge in [0.1, 0.15) is 0 Å². The third-order valence-corrected chi connectivity index (χ3v) is 3.28. The van der Waals surface area contributed by atoms with Crippen molar-refractivity contribution in [3.05, 3.63) is 0 Å². The minimum absolute atomic E-state index is 0.0202. The Bertz CT molecular complexity index is 369. The molecule has 3 amide bonds. The Labute approximate surface area is 124 Å². The fourth-order valence-electron chi connectivity index (χ4n) is 2.09. The zero-order valence-corrected chi connectivity index (χ0v) is 12.4. The molecule has 0 aromatic carbocycles. The number of nitrogens with one attached hydrogen (secondary N) is 3. The smallest absolute Gasteiger partial charge is 0.315 e. The number of piperazine rings is 1. The Morgan fingerprint density at radius 3 is 2.57 bits per heavy atom. The number of aliphatic carboxylic acids is 1. The Morgan fingerprint density at radius 1 is 1.29 bits per heavy atom. The number of hydrogen-bond acceptors (Lipinski definition) is 4. The molecule has 1 unspecified atom stereocenters. The molecule has 8 heteroatoms.